The molecule has 0 atom stereocenters. The molecule has 1 heterocycles. The first kappa shape index (κ1) is 27.5. The summed E-state index contributed by atoms with van der Waals surface area (Å²) >= 11 is 7.22. The van der Waals surface area contributed by atoms with Crippen molar-refractivity contribution >= 4 is 40.8 Å². The lowest BCUT2D eigenvalue weighted by atomic mass is 9.96. The Morgan fingerprint density at radius 3 is 2.30 bits per heavy atom. The van der Waals surface area contributed by atoms with Crippen LogP contribution in [0.25, 0.3) is 11.1 Å². The van der Waals surface area contributed by atoms with Gasteiger partial charge in [0.2, 0.25) is 11.7 Å². The Labute approximate surface area is 224 Å². The number of thioether (sulfide) groups is 1. The molecule has 0 fully saturated rings. The normalized spacial score (nSPS) is 10.2. The summed E-state index contributed by atoms with van der Waals surface area (Å²) in [6, 6.07) is 12.7. The average Bonchev–Trinajstić information content (AvgIpc) is 2.89. The minimum absolute atomic E-state index is 0.0354. The van der Waals surface area contributed by atoms with Gasteiger partial charge < -0.3 is 25.3 Å². The van der Waals surface area contributed by atoms with Crippen LogP contribution in [0.3, 0.4) is 0 Å². The first-order chi connectivity index (χ1) is 17.8. The lowest BCUT2D eigenvalue weighted by Crippen LogP contribution is -2.13. The van der Waals surface area contributed by atoms with Crippen LogP contribution >= 0.6 is 23.4 Å². The molecular weight excluding hydrogens is 514 g/mol. The second-order valence-corrected chi connectivity index (χ2v) is 9.19. The highest BCUT2D eigenvalue weighted by Gasteiger charge is 2.23. The Kier molecular flexibility index (Phi) is 9.07. The summed E-state index contributed by atoms with van der Waals surface area (Å²) in [5, 5.41) is 23.5. The number of pyridine rings is 1. The summed E-state index contributed by atoms with van der Waals surface area (Å²) in [5.41, 5.74) is 8.58. The molecule has 190 valence electrons. The largest absolute Gasteiger partial charge is 0.493 e. The molecule has 0 saturated carbocycles. The van der Waals surface area contributed by atoms with E-state index in [2.05, 4.69) is 16.4 Å². The second-order valence-electron chi connectivity index (χ2n) is 7.67. The number of halogens is 1. The van der Waals surface area contributed by atoms with Crippen molar-refractivity contribution in [3.63, 3.8) is 0 Å². The van der Waals surface area contributed by atoms with Crippen LogP contribution in [0.2, 0.25) is 5.02 Å². The van der Waals surface area contributed by atoms with Crippen LogP contribution in [0.15, 0.2) is 35.4 Å². The van der Waals surface area contributed by atoms with Gasteiger partial charge in [-0.2, -0.15) is 10.5 Å². The van der Waals surface area contributed by atoms with E-state index in [1.165, 1.54) is 33.1 Å². The van der Waals surface area contributed by atoms with Gasteiger partial charge in [0.15, 0.2) is 11.5 Å². The molecule has 0 aliphatic carbocycles. The summed E-state index contributed by atoms with van der Waals surface area (Å²) in [6.07, 6.45) is 0.141. The lowest BCUT2D eigenvalue weighted by Gasteiger charge is -2.17. The molecule has 37 heavy (non-hydrogen) atoms. The summed E-state index contributed by atoms with van der Waals surface area (Å²) < 4.78 is 16.2. The molecule has 11 heteroatoms. The highest BCUT2D eigenvalue weighted by atomic mass is 35.5. The van der Waals surface area contributed by atoms with Gasteiger partial charge in [-0.25, -0.2) is 4.98 Å². The third-order valence-corrected chi connectivity index (χ3v) is 6.62. The number of carbonyl (C=O) groups excluding carboxylic acids is 1. The Balaban J connectivity index is 1.95. The van der Waals surface area contributed by atoms with E-state index in [0.29, 0.717) is 49.9 Å². The van der Waals surface area contributed by atoms with Crippen LogP contribution in [-0.4, -0.2) is 38.0 Å². The molecule has 0 bridgehead atoms. The van der Waals surface area contributed by atoms with E-state index in [9.17, 15) is 15.3 Å². The first-order valence-corrected chi connectivity index (χ1v) is 12.3. The molecule has 9 nitrogen and oxygen atoms in total. The number of rotatable bonds is 9. The second kappa shape index (κ2) is 12.2. The Morgan fingerprint density at radius 1 is 1.08 bits per heavy atom. The van der Waals surface area contributed by atoms with E-state index in [1.54, 1.807) is 24.3 Å². The number of amides is 1. The van der Waals surface area contributed by atoms with Crippen molar-refractivity contribution in [2.45, 2.75) is 18.4 Å². The fourth-order valence-corrected chi connectivity index (χ4v) is 4.71. The monoisotopic (exact) mass is 537 g/mol. The highest BCUT2D eigenvalue weighted by molar-refractivity contribution is 7.99. The maximum absolute atomic E-state index is 12.5. The number of nitriles is 2. The van der Waals surface area contributed by atoms with Gasteiger partial charge in [0.1, 0.15) is 28.5 Å². The fraction of sp³-hybridized carbons (Fsp3) is 0.231. The predicted molar refractivity (Wildman–Crippen MR) is 143 cm³/mol. The van der Waals surface area contributed by atoms with Crippen molar-refractivity contribution < 1.29 is 19.0 Å². The van der Waals surface area contributed by atoms with Crippen molar-refractivity contribution in [3.8, 4) is 40.5 Å². The topological polar surface area (TPSA) is 143 Å². The maximum atomic E-state index is 12.5. The quantitative estimate of drug-likeness (QED) is 0.352. The number of ether oxygens (including phenoxy) is 3. The number of hydrogen-bond donors (Lipinski definition) is 2. The zero-order valence-corrected chi connectivity index (χ0v) is 22.2. The molecule has 0 spiro atoms. The van der Waals surface area contributed by atoms with Crippen molar-refractivity contribution in [2.24, 2.45) is 0 Å². The molecule has 3 rings (SSSR count). The number of nitrogens with zero attached hydrogens (tertiary/aromatic N) is 3. The summed E-state index contributed by atoms with van der Waals surface area (Å²) in [5.74, 6) is 1.12. The van der Waals surface area contributed by atoms with E-state index in [1.807, 2.05) is 19.1 Å². The van der Waals surface area contributed by atoms with E-state index in [0.717, 1.165) is 5.56 Å². The zero-order chi connectivity index (χ0) is 27.1. The molecule has 0 saturated heterocycles. The number of aryl methyl sites for hydroxylation is 1. The van der Waals surface area contributed by atoms with Crippen molar-refractivity contribution in [3.05, 3.63) is 52.0 Å². The van der Waals surface area contributed by atoms with Gasteiger partial charge >= 0.3 is 0 Å². The number of anilines is 2. The Morgan fingerprint density at radius 2 is 1.73 bits per heavy atom. The molecular formula is C26H24ClN5O4S. The van der Waals surface area contributed by atoms with E-state index in [4.69, 9.17) is 31.5 Å². The minimum atomic E-state index is -0.220. The van der Waals surface area contributed by atoms with Crippen molar-refractivity contribution in [1.29, 1.82) is 10.5 Å². The van der Waals surface area contributed by atoms with Crippen LogP contribution < -0.4 is 25.3 Å². The predicted octanol–water partition coefficient (Wildman–Crippen LogP) is 5.18. The number of aromatic nitrogens is 1. The number of hydrogen-bond acceptors (Lipinski definition) is 9. The van der Waals surface area contributed by atoms with E-state index >= 15 is 0 Å². The lowest BCUT2D eigenvalue weighted by molar-refractivity contribution is -0.115. The van der Waals surface area contributed by atoms with Gasteiger partial charge in [-0.1, -0.05) is 17.7 Å². The van der Waals surface area contributed by atoms with Crippen molar-refractivity contribution in [1.82, 2.24) is 4.98 Å². The number of nitrogens with two attached hydrogens (primary N) is 1. The first-order valence-electron chi connectivity index (χ1n) is 10.9. The Hall–Kier alpha value is -4.12. The van der Waals surface area contributed by atoms with Crippen LogP contribution in [0, 0.1) is 29.6 Å². The van der Waals surface area contributed by atoms with Gasteiger partial charge in [0, 0.05) is 28.4 Å². The van der Waals surface area contributed by atoms with Crippen LogP contribution in [0.4, 0.5) is 11.5 Å². The van der Waals surface area contributed by atoms with Crippen molar-refractivity contribution in [2.75, 3.05) is 38.1 Å². The van der Waals surface area contributed by atoms with Crippen LogP contribution in [0.5, 0.6) is 17.2 Å². The van der Waals surface area contributed by atoms with E-state index in [-0.39, 0.29) is 29.3 Å². The minimum Gasteiger partial charge on any atom is -0.493 e. The summed E-state index contributed by atoms with van der Waals surface area (Å²) in [4.78, 5) is 16.8. The van der Waals surface area contributed by atoms with Crippen LogP contribution in [-0.2, 0) is 4.79 Å². The third-order valence-electron chi connectivity index (χ3n) is 5.41. The Bertz CT molecular complexity index is 1410. The number of methoxy groups -OCH3 is 3. The highest BCUT2D eigenvalue weighted by Crippen LogP contribution is 2.44. The molecule has 1 aromatic heterocycles. The van der Waals surface area contributed by atoms with Gasteiger partial charge in [-0.15, -0.1) is 11.8 Å². The molecule has 3 N–H and O–H groups in total. The standard InChI is InChI=1S/C26H24ClN5O4S/c1-14-5-6-16(27)11-19(14)31-22(33)7-8-37-26-18(13-29)23(17(12-28)25(30)32-26)15-9-20(34-2)24(36-4)21(10-15)35-3/h5-6,9-11H,7-8H2,1-4H3,(H2,30,32)(H,31,33). The van der Waals surface area contributed by atoms with Gasteiger partial charge in [0.25, 0.3) is 0 Å². The van der Waals surface area contributed by atoms with E-state index < -0.39 is 0 Å². The number of nitrogens with one attached hydrogen (secondary N) is 1. The number of benzene rings is 2. The summed E-state index contributed by atoms with van der Waals surface area (Å²) in [6.45, 7) is 1.87. The maximum Gasteiger partial charge on any atom is 0.225 e. The SMILES string of the molecule is COc1cc(-c2c(C#N)c(N)nc(SCCC(=O)Nc3cc(Cl)ccc3C)c2C#N)cc(OC)c1OC. The number of carbonyl (C=O) groups is 1. The molecule has 1 amide bonds. The molecule has 0 aliphatic rings. The third kappa shape index (κ3) is 6.00. The molecule has 2 aromatic carbocycles. The smallest absolute Gasteiger partial charge is 0.225 e. The fourth-order valence-electron chi connectivity index (χ4n) is 3.60. The van der Waals surface area contributed by atoms with Gasteiger partial charge in [-0.05, 0) is 42.3 Å². The molecule has 3 aromatic rings. The zero-order valence-electron chi connectivity index (χ0n) is 20.6. The summed E-state index contributed by atoms with van der Waals surface area (Å²) in [7, 11) is 4.41. The van der Waals surface area contributed by atoms with Gasteiger partial charge in [0.05, 0.1) is 26.9 Å². The molecule has 0 radical (unpaired) electrons. The molecule has 0 aliphatic heterocycles. The average molecular weight is 538 g/mol. The molecule has 0 unspecified atom stereocenters. The van der Waals surface area contributed by atoms with Gasteiger partial charge in [-0.3, -0.25) is 4.79 Å². The number of nitrogen functional groups attached to an aromatic ring is 1. The van der Waals surface area contributed by atoms with Crippen LogP contribution in [0.1, 0.15) is 23.1 Å².